The molecule has 3 heteroatoms. The second-order valence-corrected chi connectivity index (χ2v) is 4.90. The van der Waals surface area contributed by atoms with Gasteiger partial charge in [0.1, 0.15) is 0 Å². The third kappa shape index (κ3) is 4.16. The van der Waals surface area contributed by atoms with Crippen LogP contribution in [0.1, 0.15) is 32.1 Å². The molecule has 0 bridgehead atoms. The minimum absolute atomic E-state index is 0.131. The zero-order valence-corrected chi connectivity index (χ0v) is 10.1. The fourth-order valence-corrected chi connectivity index (χ4v) is 2.56. The molecule has 14 heavy (non-hydrogen) atoms. The Morgan fingerprint density at radius 3 is 2.57 bits per heavy atom. The average Bonchev–Trinajstić information content (AvgIpc) is 2.19. The number of hydrogen-bond donors (Lipinski definition) is 0. The standard InChI is InChI=1S/C11H22ClNO/c1-13(8-10(12)9-14-2)11-6-4-3-5-7-11/h10-11H,3-9H2,1-2H3. The van der Waals surface area contributed by atoms with Crippen LogP contribution in [0.2, 0.25) is 0 Å². The van der Waals surface area contributed by atoms with Crippen molar-refractivity contribution in [3.8, 4) is 0 Å². The highest BCUT2D eigenvalue weighted by molar-refractivity contribution is 6.20. The van der Waals surface area contributed by atoms with Gasteiger partial charge in [-0.3, -0.25) is 0 Å². The molecular formula is C11H22ClNO. The quantitative estimate of drug-likeness (QED) is 0.659. The molecular weight excluding hydrogens is 198 g/mol. The largest absolute Gasteiger partial charge is 0.383 e. The van der Waals surface area contributed by atoms with E-state index >= 15 is 0 Å². The Bertz CT molecular complexity index is 148. The van der Waals surface area contributed by atoms with Crippen LogP contribution in [0.3, 0.4) is 0 Å². The minimum Gasteiger partial charge on any atom is -0.383 e. The smallest absolute Gasteiger partial charge is 0.0696 e. The topological polar surface area (TPSA) is 12.5 Å². The van der Waals surface area contributed by atoms with E-state index in [4.69, 9.17) is 16.3 Å². The Kier molecular flexibility index (Phi) is 5.83. The first-order valence-corrected chi connectivity index (χ1v) is 6.01. The minimum atomic E-state index is 0.131. The Balaban J connectivity index is 2.21. The molecule has 1 rings (SSSR count). The predicted octanol–water partition coefficient (Wildman–Crippen LogP) is 2.50. The van der Waals surface area contributed by atoms with Crippen molar-refractivity contribution in [1.82, 2.24) is 4.90 Å². The van der Waals surface area contributed by atoms with Gasteiger partial charge in [-0.25, -0.2) is 0 Å². The number of hydrogen-bond acceptors (Lipinski definition) is 2. The highest BCUT2D eigenvalue weighted by atomic mass is 35.5. The molecule has 0 aromatic carbocycles. The zero-order valence-electron chi connectivity index (χ0n) is 9.34. The van der Waals surface area contributed by atoms with E-state index in [9.17, 15) is 0 Å². The summed E-state index contributed by atoms with van der Waals surface area (Å²) in [5.74, 6) is 0. The number of halogens is 1. The van der Waals surface area contributed by atoms with Gasteiger partial charge in [-0.2, -0.15) is 0 Å². The monoisotopic (exact) mass is 219 g/mol. The van der Waals surface area contributed by atoms with Crippen LogP contribution in [0.25, 0.3) is 0 Å². The van der Waals surface area contributed by atoms with Crippen LogP contribution in [0.4, 0.5) is 0 Å². The molecule has 1 aliphatic carbocycles. The number of methoxy groups -OCH3 is 1. The van der Waals surface area contributed by atoms with Crippen LogP contribution >= 0.6 is 11.6 Å². The molecule has 0 aromatic heterocycles. The molecule has 1 atom stereocenters. The maximum absolute atomic E-state index is 6.13. The molecule has 84 valence electrons. The Morgan fingerprint density at radius 2 is 2.00 bits per heavy atom. The normalized spacial score (nSPS) is 21.4. The molecule has 1 fully saturated rings. The molecule has 0 amide bonds. The maximum Gasteiger partial charge on any atom is 0.0696 e. The van der Waals surface area contributed by atoms with Gasteiger partial charge in [0, 0.05) is 19.7 Å². The Hall–Kier alpha value is 0.210. The van der Waals surface area contributed by atoms with Gasteiger partial charge in [0.2, 0.25) is 0 Å². The van der Waals surface area contributed by atoms with E-state index in [2.05, 4.69) is 11.9 Å². The first-order chi connectivity index (χ1) is 6.74. The van der Waals surface area contributed by atoms with E-state index in [1.165, 1.54) is 32.1 Å². The summed E-state index contributed by atoms with van der Waals surface area (Å²) >= 11 is 6.13. The van der Waals surface area contributed by atoms with Gasteiger partial charge in [-0.1, -0.05) is 19.3 Å². The van der Waals surface area contributed by atoms with Gasteiger partial charge < -0.3 is 9.64 Å². The van der Waals surface area contributed by atoms with Crippen LogP contribution in [0.5, 0.6) is 0 Å². The number of nitrogens with zero attached hydrogens (tertiary/aromatic N) is 1. The first kappa shape index (κ1) is 12.3. The molecule has 0 aromatic rings. The first-order valence-electron chi connectivity index (χ1n) is 5.57. The van der Waals surface area contributed by atoms with E-state index < -0.39 is 0 Å². The lowest BCUT2D eigenvalue weighted by molar-refractivity contribution is 0.153. The molecule has 1 unspecified atom stereocenters. The third-order valence-corrected chi connectivity index (χ3v) is 3.30. The molecule has 0 heterocycles. The van der Waals surface area contributed by atoms with Crippen molar-refractivity contribution in [2.24, 2.45) is 0 Å². The summed E-state index contributed by atoms with van der Waals surface area (Å²) in [6, 6.07) is 0.752. The van der Waals surface area contributed by atoms with Gasteiger partial charge in [0.25, 0.3) is 0 Å². The summed E-state index contributed by atoms with van der Waals surface area (Å²) in [5, 5.41) is 0.131. The lowest BCUT2D eigenvalue weighted by atomic mass is 9.94. The fourth-order valence-electron chi connectivity index (χ4n) is 2.22. The van der Waals surface area contributed by atoms with Gasteiger partial charge in [0.05, 0.1) is 12.0 Å². The van der Waals surface area contributed by atoms with Gasteiger partial charge in [-0.05, 0) is 19.9 Å². The Morgan fingerprint density at radius 1 is 1.36 bits per heavy atom. The van der Waals surface area contributed by atoms with E-state index in [-0.39, 0.29) is 5.38 Å². The molecule has 1 saturated carbocycles. The number of ether oxygens (including phenoxy) is 1. The second-order valence-electron chi connectivity index (χ2n) is 4.28. The molecule has 0 saturated heterocycles. The molecule has 0 spiro atoms. The third-order valence-electron chi connectivity index (χ3n) is 3.03. The van der Waals surface area contributed by atoms with E-state index in [1.807, 2.05) is 0 Å². The molecule has 2 nitrogen and oxygen atoms in total. The second kappa shape index (κ2) is 6.65. The highest BCUT2D eigenvalue weighted by Crippen LogP contribution is 2.21. The van der Waals surface area contributed by atoms with Gasteiger partial charge in [-0.15, -0.1) is 11.6 Å². The summed E-state index contributed by atoms with van der Waals surface area (Å²) < 4.78 is 5.03. The van der Waals surface area contributed by atoms with Crippen LogP contribution in [0, 0.1) is 0 Å². The van der Waals surface area contributed by atoms with E-state index in [0.29, 0.717) is 6.61 Å². The van der Waals surface area contributed by atoms with Crippen molar-refractivity contribution in [2.75, 3.05) is 27.3 Å². The van der Waals surface area contributed by atoms with Crippen molar-refractivity contribution >= 4 is 11.6 Å². The summed E-state index contributed by atoms with van der Waals surface area (Å²) in [6.45, 7) is 1.60. The van der Waals surface area contributed by atoms with Crippen molar-refractivity contribution in [1.29, 1.82) is 0 Å². The summed E-state index contributed by atoms with van der Waals surface area (Å²) in [7, 11) is 3.89. The van der Waals surface area contributed by atoms with Gasteiger partial charge in [0.15, 0.2) is 0 Å². The van der Waals surface area contributed by atoms with Gasteiger partial charge >= 0.3 is 0 Å². The fraction of sp³-hybridized carbons (Fsp3) is 1.00. The van der Waals surface area contributed by atoms with E-state index in [0.717, 1.165) is 12.6 Å². The predicted molar refractivity (Wildman–Crippen MR) is 61.0 cm³/mol. The lowest BCUT2D eigenvalue weighted by Crippen LogP contribution is -2.38. The number of rotatable bonds is 5. The van der Waals surface area contributed by atoms with Crippen LogP contribution in [-0.2, 0) is 4.74 Å². The molecule has 1 aliphatic rings. The SMILES string of the molecule is COCC(Cl)CN(C)C1CCCCC1. The highest BCUT2D eigenvalue weighted by Gasteiger charge is 2.19. The average molecular weight is 220 g/mol. The summed E-state index contributed by atoms with van der Waals surface area (Å²) in [5.41, 5.74) is 0. The summed E-state index contributed by atoms with van der Waals surface area (Å²) in [4.78, 5) is 2.40. The van der Waals surface area contributed by atoms with Crippen LogP contribution in [0.15, 0.2) is 0 Å². The molecule has 0 N–H and O–H groups in total. The maximum atomic E-state index is 6.13. The lowest BCUT2D eigenvalue weighted by Gasteiger charge is -2.32. The van der Waals surface area contributed by atoms with Crippen LogP contribution in [-0.4, -0.2) is 43.6 Å². The number of alkyl halides is 1. The van der Waals surface area contributed by atoms with Crippen molar-refractivity contribution < 1.29 is 4.74 Å². The van der Waals surface area contributed by atoms with E-state index in [1.54, 1.807) is 7.11 Å². The molecule has 0 aliphatic heterocycles. The molecule has 0 radical (unpaired) electrons. The summed E-state index contributed by atoms with van der Waals surface area (Å²) in [6.07, 6.45) is 6.85. The van der Waals surface area contributed by atoms with Crippen molar-refractivity contribution in [2.45, 2.75) is 43.5 Å². The van der Waals surface area contributed by atoms with Crippen molar-refractivity contribution in [3.05, 3.63) is 0 Å². The van der Waals surface area contributed by atoms with Crippen molar-refractivity contribution in [3.63, 3.8) is 0 Å². The Labute approximate surface area is 92.6 Å². The zero-order chi connectivity index (χ0) is 10.4. The van der Waals surface area contributed by atoms with Crippen LogP contribution < -0.4 is 0 Å².